The SMILES string of the molecule is O=C(OCC1OC(n2c(=O)[nH]cc(F)c2=O)C(OC(=O)c2ccccc2)C1OC(=O)c1ccccc1)c1ccccc1. The van der Waals surface area contributed by atoms with Gasteiger partial charge in [0.2, 0.25) is 5.82 Å². The van der Waals surface area contributed by atoms with Gasteiger partial charge < -0.3 is 23.9 Å². The van der Waals surface area contributed by atoms with Gasteiger partial charge in [-0.2, -0.15) is 4.39 Å². The molecule has 0 saturated carbocycles. The molecule has 1 saturated heterocycles. The molecular formula is C30H23FN2O9. The van der Waals surface area contributed by atoms with E-state index in [0.717, 1.165) is 0 Å². The van der Waals surface area contributed by atoms with E-state index in [1.165, 1.54) is 36.4 Å². The quantitative estimate of drug-likeness (QED) is 0.248. The van der Waals surface area contributed by atoms with Gasteiger partial charge in [-0.25, -0.2) is 23.7 Å². The molecule has 1 fully saturated rings. The average molecular weight is 575 g/mol. The minimum absolute atomic E-state index is 0.101. The summed E-state index contributed by atoms with van der Waals surface area (Å²) in [4.78, 5) is 66.4. The number of esters is 3. The predicted molar refractivity (Wildman–Crippen MR) is 143 cm³/mol. The first-order chi connectivity index (χ1) is 20.3. The zero-order valence-corrected chi connectivity index (χ0v) is 21.8. The number of benzene rings is 3. The molecule has 4 unspecified atom stereocenters. The number of aromatic nitrogens is 2. The van der Waals surface area contributed by atoms with E-state index in [-0.39, 0.29) is 16.7 Å². The van der Waals surface area contributed by atoms with Crippen LogP contribution in [0.3, 0.4) is 0 Å². The Labute approximate surface area is 237 Å². The van der Waals surface area contributed by atoms with Crippen molar-refractivity contribution < 1.29 is 37.7 Å². The molecule has 5 rings (SSSR count). The standard InChI is InChI=1S/C30H23FN2O9/c31-21-16-32-30(38)33(25(21)34)26-24(42-29(37)20-14-8-3-9-15-20)23(41-28(36)19-12-6-2-7-13-19)22(40-26)17-39-27(35)18-10-4-1-5-11-18/h1-16,22-24,26H,17H2,(H,32,38). The largest absolute Gasteiger partial charge is 0.459 e. The molecule has 0 radical (unpaired) electrons. The Morgan fingerprint density at radius 3 is 1.74 bits per heavy atom. The highest BCUT2D eigenvalue weighted by molar-refractivity contribution is 5.91. The Balaban J connectivity index is 1.53. The van der Waals surface area contributed by atoms with Crippen LogP contribution in [0, 0.1) is 5.82 Å². The summed E-state index contributed by atoms with van der Waals surface area (Å²) < 4.78 is 37.3. The second-order valence-corrected chi connectivity index (χ2v) is 9.12. The Morgan fingerprint density at radius 2 is 1.21 bits per heavy atom. The summed E-state index contributed by atoms with van der Waals surface area (Å²) in [5.41, 5.74) is -2.00. The Bertz CT molecular complexity index is 1690. The first kappa shape index (κ1) is 28.2. The van der Waals surface area contributed by atoms with E-state index in [0.29, 0.717) is 10.8 Å². The van der Waals surface area contributed by atoms with Gasteiger partial charge >= 0.3 is 23.6 Å². The molecule has 2 heterocycles. The number of halogens is 1. The van der Waals surface area contributed by atoms with Gasteiger partial charge in [0.05, 0.1) is 16.7 Å². The second kappa shape index (κ2) is 12.4. The molecule has 1 aromatic heterocycles. The van der Waals surface area contributed by atoms with Crippen LogP contribution < -0.4 is 11.2 Å². The molecule has 1 aliphatic rings. The third kappa shape index (κ3) is 6.03. The zero-order valence-electron chi connectivity index (χ0n) is 21.8. The van der Waals surface area contributed by atoms with Gasteiger partial charge in [-0.3, -0.25) is 4.79 Å². The van der Waals surface area contributed by atoms with Crippen molar-refractivity contribution in [3.05, 3.63) is 141 Å². The summed E-state index contributed by atoms with van der Waals surface area (Å²) in [5, 5.41) is 0. The van der Waals surface area contributed by atoms with Gasteiger partial charge in [0.1, 0.15) is 12.7 Å². The molecule has 11 nitrogen and oxygen atoms in total. The minimum atomic E-state index is -1.77. The monoisotopic (exact) mass is 574 g/mol. The normalized spacial score (nSPS) is 19.5. The molecule has 4 atom stereocenters. The number of rotatable bonds is 8. The van der Waals surface area contributed by atoms with Gasteiger partial charge in [-0.05, 0) is 36.4 Å². The number of H-pyrrole nitrogens is 1. The van der Waals surface area contributed by atoms with Crippen molar-refractivity contribution in [1.82, 2.24) is 9.55 Å². The first-order valence-corrected chi connectivity index (χ1v) is 12.7. The Morgan fingerprint density at radius 1 is 0.738 bits per heavy atom. The molecule has 3 aromatic carbocycles. The van der Waals surface area contributed by atoms with Crippen LogP contribution in [0.25, 0.3) is 0 Å². The molecule has 12 heteroatoms. The average Bonchev–Trinajstić information content (AvgIpc) is 3.34. The van der Waals surface area contributed by atoms with Gasteiger partial charge in [-0.15, -0.1) is 0 Å². The Kier molecular flexibility index (Phi) is 8.34. The first-order valence-electron chi connectivity index (χ1n) is 12.7. The molecule has 0 aliphatic carbocycles. The van der Waals surface area contributed by atoms with E-state index in [2.05, 4.69) is 4.98 Å². The zero-order chi connectivity index (χ0) is 29.6. The molecule has 1 aliphatic heterocycles. The maximum Gasteiger partial charge on any atom is 0.338 e. The smallest absolute Gasteiger partial charge is 0.338 e. The van der Waals surface area contributed by atoms with Crippen LogP contribution >= 0.6 is 0 Å². The van der Waals surface area contributed by atoms with Gasteiger partial charge in [0.25, 0.3) is 5.56 Å². The lowest BCUT2D eigenvalue weighted by Gasteiger charge is -2.24. The molecular weight excluding hydrogens is 551 g/mol. The van der Waals surface area contributed by atoms with E-state index in [1.54, 1.807) is 54.6 Å². The summed E-state index contributed by atoms with van der Waals surface area (Å²) >= 11 is 0. The number of nitrogens with one attached hydrogen (secondary N) is 1. The van der Waals surface area contributed by atoms with Crippen molar-refractivity contribution in [3.63, 3.8) is 0 Å². The maximum absolute atomic E-state index is 14.3. The van der Waals surface area contributed by atoms with Crippen LogP contribution in [-0.2, 0) is 18.9 Å². The van der Waals surface area contributed by atoms with Crippen LogP contribution in [0.1, 0.15) is 37.3 Å². The van der Waals surface area contributed by atoms with Crippen LogP contribution in [-0.4, -0.2) is 52.4 Å². The van der Waals surface area contributed by atoms with Crippen LogP contribution in [0.2, 0.25) is 0 Å². The third-order valence-corrected chi connectivity index (χ3v) is 6.40. The fourth-order valence-corrected chi connectivity index (χ4v) is 4.36. The van der Waals surface area contributed by atoms with E-state index >= 15 is 0 Å². The Hall–Kier alpha value is -5.36. The highest BCUT2D eigenvalue weighted by Crippen LogP contribution is 2.34. The highest BCUT2D eigenvalue weighted by Gasteiger charge is 2.52. The van der Waals surface area contributed by atoms with Gasteiger partial charge in [0, 0.05) is 6.20 Å². The number of hydrogen-bond acceptors (Lipinski definition) is 9. The predicted octanol–water partition coefficient (Wildman–Crippen LogP) is 2.88. The van der Waals surface area contributed by atoms with E-state index in [4.69, 9.17) is 18.9 Å². The molecule has 42 heavy (non-hydrogen) atoms. The summed E-state index contributed by atoms with van der Waals surface area (Å²) in [6, 6.07) is 23.6. The minimum Gasteiger partial charge on any atom is -0.459 e. The van der Waals surface area contributed by atoms with Crippen molar-refractivity contribution in [3.8, 4) is 0 Å². The van der Waals surface area contributed by atoms with Crippen molar-refractivity contribution >= 4 is 17.9 Å². The third-order valence-electron chi connectivity index (χ3n) is 6.40. The van der Waals surface area contributed by atoms with Crippen LogP contribution in [0.5, 0.6) is 0 Å². The lowest BCUT2D eigenvalue weighted by atomic mass is 10.1. The fourth-order valence-electron chi connectivity index (χ4n) is 4.36. The van der Waals surface area contributed by atoms with Gasteiger partial charge in [-0.1, -0.05) is 54.6 Å². The molecule has 1 N–H and O–H groups in total. The fraction of sp³-hybridized carbons (Fsp3) is 0.167. The van der Waals surface area contributed by atoms with Crippen molar-refractivity contribution in [2.24, 2.45) is 0 Å². The van der Waals surface area contributed by atoms with E-state index < -0.39 is 66.1 Å². The van der Waals surface area contributed by atoms with Crippen molar-refractivity contribution in [1.29, 1.82) is 0 Å². The van der Waals surface area contributed by atoms with Gasteiger partial charge in [0.15, 0.2) is 18.4 Å². The lowest BCUT2D eigenvalue weighted by Crippen LogP contribution is -2.46. The molecule has 0 amide bonds. The number of hydrogen-bond donors (Lipinski definition) is 1. The second-order valence-electron chi connectivity index (χ2n) is 9.12. The van der Waals surface area contributed by atoms with Crippen molar-refractivity contribution in [2.45, 2.75) is 24.5 Å². The maximum atomic E-state index is 14.3. The highest BCUT2D eigenvalue weighted by atomic mass is 19.1. The van der Waals surface area contributed by atoms with E-state index in [1.807, 2.05) is 0 Å². The summed E-state index contributed by atoms with van der Waals surface area (Å²) in [6.07, 6.45) is -5.69. The molecule has 214 valence electrons. The topological polar surface area (TPSA) is 143 Å². The number of aromatic amines is 1. The van der Waals surface area contributed by atoms with Crippen LogP contribution in [0.4, 0.5) is 4.39 Å². The number of ether oxygens (including phenoxy) is 4. The number of carbonyl (C=O) groups is 3. The summed E-state index contributed by atoms with van der Waals surface area (Å²) in [6.45, 7) is -0.543. The lowest BCUT2D eigenvalue weighted by molar-refractivity contribution is -0.0657. The number of nitrogens with zero attached hydrogens (tertiary/aromatic N) is 1. The van der Waals surface area contributed by atoms with Crippen LogP contribution in [0.15, 0.2) is 107 Å². The number of carbonyl (C=O) groups excluding carboxylic acids is 3. The summed E-state index contributed by atoms with van der Waals surface area (Å²) in [5.74, 6) is -3.82. The van der Waals surface area contributed by atoms with Crippen molar-refractivity contribution in [2.75, 3.05) is 6.61 Å². The molecule has 0 spiro atoms. The molecule has 4 aromatic rings. The molecule has 0 bridgehead atoms. The van der Waals surface area contributed by atoms with E-state index in [9.17, 15) is 28.4 Å². The summed E-state index contributed by atoms with van der Waals surface area (Å²) in [7, 11) is 0.